The molecule has 0 aliphatic rings. The maximum Gasteiger partial charge on any atom is 0.447 e. The Hall–Kier alpha value is -1.26. The fraction of sp³-hybridized carbons (Fsp3) is 0.714. The number of nitrogens with two attached hydrogens (primary N) is 1. The lowest BCUT2D eigenvalue weighted by molar-refractivity contribution is -0.230. The zero-order chi connectivity index (χ0) is 9.40. The highest BCUT2D eigenvalue weighted by Gasteiger charge is 2.05. The van der Waals surface area contributed by atoms with Gasteiger partial charge in [-0.25, -0.2) is 19.4 Å². The number of amides is 1. The maximum absolute atomic E-state index is 10.7. The first-order chi connectivity index (χ1) is 5.66. The lowest BCUT2D eigenvalue weighted by Gasteiger charge is -1.99. The standard InChI is InChI=1S/C7H13NO4/c1-2-3-4-5-6(9)11-12-7(8)10/h2-5H2,1H3,(H2,8,10). The summed E-state index contributed by atoms with van der Waals surface area (Å²) < 4.78 is 0. The van der Waals surface area contributed by atoms with Gasteiger partial charge in [-0.05, 0) is 6.42 Å². The normalized spacial score (nSPS) is 9.08. The van der Waals surface area contributed by atoms with Crippen molar-refractivity contribution in [1.82, 2.24) is 0 Å². The van der Waals surface area contributed by atoms with E-state index in [1.807, 2.05) is 6.92 Å². The topological polar surface area (TPSA) is 78.6 Å². The summed E-state index contributed by atoms with van der Waals surface area (Å²) in [5.41, 5.74) is 4.56. The maximum atomic E-state index is 10.7. The van der Waals surface area contributed by atoms with Gasteiger partial charge in [0.05, 0.1) is 6.42 Å². The Morgan fingerprint density at radius 3 is 2.42 bits per heavy atom. The van der Waals surface area contributed by atoms with Crippen LogP contribution in [0.2, 0.25) is 0 Å². The van der Waals surface area contributed by atoms with Crippen LogP contribution in [0, 0.1) is 0 Å². The molecule has 0 aromatic carbocycles. The minimum absolute atomic E-state index is 0.251. The van der Waals surface area contributed by atoms with Crippen LogP contribution in [0.3, 0.4) is 0 Å². The zero-order valence-corrected chi connectivity index (χ0v) is 7.04. The molecule has 0 aromatic heterocycles. The molecule has 0 rings (SSSR count). The summed E-state index contributed by atoms with van der Waals surface area (Å²) in [5, 5.41) is 0. The molecular formula is C7H13NO4. The highest BCUT2D eigenvalue weighted by Crippen LogP contribution is 2.00. The van der Waals surface area contributed by atoms with Crippen LogP contribution in [0.5, 0.6) is 0 Å². The minimum atomic E-state index is -1.11. The molecule has 70 valence electrons. The predicted molar refractivity (Wildman–Crippen MR) is 40.9 cm³/mol. The Morgan fingerprint density at radius 1 is 1.25 bits per heavy atom. The van der Waals surface area contributed by atoms with Crippen molar-refractivity contribution >= 4 is 12.1 Å². The number of carbonyl (C=O) groups is 2. The smallest absolute Gasteiger partial charge is 0.332 e. The summed E-state index contributed by atoms with van der Waals surface area (Å²) >= 11 is 0. The number of rotatable bonds is 4. The van der Waals surface area contributed by atoms with Gasteiger partial charge in [-0.3, -0.25) is 0 Å². The van der Waals surface area contributed by atoms with Gasteiger partial charge in [0.15, 0.2) is 0 Å². The van der Waals surface area contributed by atoms with Crippen molar-refractivity contribution in [1.29, 1.82) is 0 Å². The Labute approximate surface area is 70.7 Å². The summed E-state index contributed by atoms with van der Waals surface area (Å²) in [4.78, 5) is 28.5. The fourth-order valence-electron chi connectivity index (χ4n) is 0.649. The molecule has 0 aliphatic carbocycles. The van der Waals surface area contributed by atoms with Gasteiger partial charge in [-0.2, -0.15) is 0 Å². The van der Waals surface area contributed by atoms with Crippen molar-refractivity contribution in [2.75, 3.05) is 0 Å². The van der Waals surface area contributed by atoms with Crippen molar-refractivity contribution in [2.45, 2.75) is 32.6 Å². The van der Waals surface area contributed by atoms with Gasteiger partial charge >= 0.3 is 12.1 Å². The average Bonchev–Trinajstić information content (AvgIpc) is 2.01. The minimum Gasteiger partial charge on any atom is -0.332 e. The summed E-state index contributed by atoms with van der Waals surface area (Å²) in [6, 6.07) is 0. The van der Waals surface area contributed by atoms with Gasteiger partial charge in [0.2, 0.25) is 0 Å². The van der Waals surface area contributed by atoms with Gasteiger partial charge in [-0.15, -0.1) is 0 Å². The Morgan fingerprint density at radius 2 is 1.92 bits per heavy atom. The van der Waals surface area contributed by atoms with Crippen molar-refractivity contribution in [3.63, 3.8) is 0 Å². The van der Waals surface area contributed by atoms with Crippen molar-refractivity contribution < 1.29 is 19.4 Å². The van der Waals surface area contributed by atoms with Crippen LogP contribution in [0.1, 0.15) is 32.6 Å². The fourth-order valence-corrected chi connectivity index (χ4v) is 0.649. The van der Waals surface area contributed by atoms with E-state index in [9.17, 15) is 9.59 Å². The van der Waals surface area contributed by atoms with Crippen LogP contribution in [-0.2, 0) is 14.6 Å². The third-order valence-corrected chi connectivity index (χ3v) is 1.20. The lowest BCUT2D eigenvalue weighted by atomic mass is 10.2. The first-order valence-corrected chi connectivity index (χ1v) is 3.83. The number of primary amides is 1. The first-order valence-electron chi connectivity index (χ1n) is 3.83. The SMILES string of the molecule is CCCCCC(=O)OOC(N)=O. The van der Waals surface area contributed by atoms with E-state index in [0.29, 0.717) is 0 Å². The molecule has 0 bridgehead atoms. The van der Waals surface area contributed by atoms with Crippen LogP contribution in [0.15, 0.2) is 0 Å². The molecule has 0 heterocycles. The third-order valence-electron chi connectivity index (χ3n) is 1.20. The van der Waals surface area contributed by atoms with E-state index < -0.39 is 12.1 Å². The molecule has 0 unspecified atom stereocenters. The molecule has 0 spiro atoms. The number of carbonyl (C=O) groups excluding carboxylic acids is 2. The molecule has 0 saturated heterocycles. The van der Waals surface area contributed by atoms with E-state index in [-0.39, 0.29) is 6.42 Å². The Balaban J connectivity index is 3.28. The second-order valence-corrected chi connectivity index (χ2v) is 2.31. The summed E-state index contributed by atoms with van der Waals surface area (Å²) in [6.07, 6.45) is 1.84. The molecule has 0 saturated carbocycles. The van der Waals surface area contributed by atoms with E-state index in [1.165, 1.54) is 0 Å². The number of unbranched alkanes of at least 4 members (excludes halogenated alkanes) is 2. The third kappa shape index (κ3) is 6.85. The van der Waals surface area contributed by atoms with Crippen molar-refractivity contribution in [3.8, 4) is 0 Å². The van der Waals surface area contributed by atoms with Crippen LogP contribution in [0.25, 0.3) is 0 Å². The molecule has 0 aliphatic heterocycles. The van der Waals surface area contributed by atoms with E-state index in [2.05, 4.69) is 15.5 Å². The molecule has 0 fully saturated rings. The largest absolute Gasteiger partial charge is 0.447 e. The van der Waals surface area contributed by atoms with E-state index in [4.69, 9.17) is 0 Å². The van der Waals surface area contributed by atoms with Crippen molar-refractivity contribution in [2.24, 2.45) is 5.73 Å². The van der Waals surface area contributed by atoms with E-state index in [0.717, 1.165) is 19.3 Å². The molecule has 0 aromatic rings. The molecule has 12 heavy (non-hydrogen) atoms. The number of hydrogen-bond acceptors (Lipinski definition) is 4. The highest BCUT2D eigenvalue weighted by atomic mass is 17.2. The van der Waals surface area contributed by atoms with Crippen LogP contribution in [0.4, 0.5) is 4.79 Å². The Bertz CT molecular complexity index is 157. The molecule has 5 nitrogen and oxygen atoms in total. The molecule has 5 heteroatoms. The second kappa shape index (κ2) is 6.45. The molecule has 0 radical (unpaired) electrons. The monoisotopic (exact) mass is 175 g/mol. The second-order valence-electron chi connectivity index (χ2n) is 2.31. The predicted octanol–water partition coefficient (Wildman–Crippen LogP) is 1.12. The Kier molecular flexibility index (Phi) is 5.77. The van der Waals surface area contributed by atoms with E-state index in [1.54, 1.807) is 0 Å². The quantitative estimate of drug-likeness (QED) is 0.394. The summed E-state index contributed by atoms with van der Waals surface area (Å²) in [6.45, 7) is 2.02. The van der Waals surface area contributed by atoms with Crippen LogP contribution in [-0.4, -0.2) is 12.1 Å². The lowest BCUT2D eigenvalue weighted by Crippen LogP contribution is -2.16. The summed E-state index contributed by atoms with van der Waals surface area (Å²) in [5.74, 6) is -0.567. The van der Waals surface area contributed by atoms with Crippen LogP contribution < -0.4 is 5.73 Å². The van der Waals surface area contributed by atoms with Gasteiger partial charge in [0.1, 0.15) is 0 Å². The van der Waals surface area contributed by atoms with Crippen LogP contribution >= 0.6 is 0 Å². The number of hydrogen-bond donors (Lipinski definition) is 1. The van der Waals surface area contributed by atoms with Gasteiger partial charge in [0.25, 0.3) is 0 Å². The van der Waals surface area contributed by atoms with Crippen molar-refractivity contribution in [3.05, 3.63) is 0 Å². The molecule has 1 amide bonds. The highest BCUT2D eigenvalue weighted by molar-refractivity contribution is 5.71. The van der Waals surface area contributed by atoms with Gasteiger partial charge < -0.3 is 5.73 Å². The van der Waals surface area contributed by atoms with Gasteiger partial charge in [0, 0.05) is 0 Å². The van der Waals surface area contributed by atoms with Gasteiger partial charge in [-0.1, -0.05) is 19.8 Å². The average molecular weight is 175 g/mol. The summed E-state index contributed by atoms with van der Waals surface area (Å²) in [7, 11) is 0. The van der Waals surface area contributed by atoms with E-state index >= 15 is 0 Å². The molecule has 2 N–H and O–H groups in total. The molecule has 0 atom stereocenters. The zero-order valence-electron chi connectivity index (χ0n) is 7.04. The first kappa shape index (κ1) is 10.7. The molecular weight excluding hydrogens is 162 g/mol.